The van der Waals surface area contributed by atoms with E-state index in [0.717, 1.165) is 24.8 Å². The third-order valence-corrected chi connectivity index (χ3v) is 6.03. The maximum Gasteiger partial charge on any atom is 0.407 e. The molecule has 182 valence electrons. The Bertz CT molecular complexity index is 1340. The number of nitrogens with zero attached hydrogens (tertiary/aromatic N) is 6. The van der Waals surface area contributed by atoms with Crippen LogP contribution >= 0.6 is 0 Å². The fraction of sp³-hybridized carbons (Fsp3) is 0.400. The first-order chi connectivity index (χ1) is 16.8. The second-order valence-corrected chi connectivity index (χ2v) is 9.80. The monoisotopic (exact) mass is 477 g/mol. The van der Waals surface area contributed by atoms with Crippen LogP contribution in [0.4, 0.5) is 9.18 Å². The van der Waals surface area contributed by atoms with Crippen molar-refractivity contribution in [2.24, 2.45) is 0 Å². The highest BCUT2D eigenvalue weighted by molar-refractivity contribution is 5.81. The van der Waals surface area contributed by atoms with Crippen LogP contribution < -0.4 is 5.32 Å². The smallest absolute Gasteiger partial charge is 0.407 e. The molecule has 1 aliphatic rings. The number of rotatable bonds is 4. The number of hydrogen-bond acceptors (Lipinski definition) is 6. The number of ether oxygens (including phenoxy) is 1. The van der Waals surface area contributed by atoms with E-state index in [9.17, 15) is 9.18 Å². The van der Waals surface area contributed by atoms with Gasteiger partial charge in [-0.25, -0.2) is 19.2 Å². The van der Waals surface area contributed by atoms with Crippen molar-refractivity contribution in [3.05, 3.63) is 54.7 Å². The molecule has 0 bridgehead atoms. The number of amides is 1. The zero-order valence-electron chi connectivity index (χ0n) is 20.0. The number of halogens is 1. The largest absolute Gasteiger partial charge is 0.444 e. The van der Waals surface area contributed by atoms with Gasteiger partial charge in [0.05, 0.1) is 35.2 Å². The molecular formula is C25H28FN7O2. The Morgan fingerprint density at radius 1 is 1.17 bits per heavy atom. The fourth-order valence-electron chi connectivity index (χ4n) is 4.63. The molecule has 10 heteroatoms. The number of carbonyl (C=O) groups is 1. The molecule has 1 aliphatic carbocycles. The number of nitrogens with one attached hydrogen (secondary N) is 1. The minimum atomic E-state index is -0.566. The lowest BCUT2D eigenvalue weighted by Gasteiger charge is -2.32. The number of benzene rings is 1. The first-order valence-electron chi connectivity index (χ1n) is 11.8. The van der Waals surface area contributed by atoms with Gasteiger partial charge in [0.2, 0.25) is 0 Å². The summed E-state index contributed by atoms with van der Waals surface area (Å²) in [5.74, 6) is 0.721. The third kappa shape index (κ3) is 4.87. The standard InChI is InChI=1S/C25H28FN7O2/c1-25(2,3)35-24(34)30-16-7-6-8-17(13-16)32-21-15-27-22(33-28-11-12-29-33)14-20(21)31-23(32)18-9-4-5-10-19(18)26/h4-5,9-12,14-17H,6-8,13H2,1-3H3,(H,30,34)/t16-,17+/m0/s1. The lowest BCUT2D eigenvalue weighted by Crippen LogP contribution is -2.41. The van der Waals surface area contributed by atoms with Gasteiger partial charge in [-0.15, -0.1) is 4.80 Å². The Morgan fingerprint density at radius 2 is 1.94 bits per heavy atom. The molecule has 5 rings (SSSR count). The zero-order chi connectivity index (χ0) is 24.6. The number of aromatic nitrogens is 6. The Balaban J connectivity index is 1.53. The van der Waals surface area contributed by atoms with Gasteiger partial charge in [-0.3, -0.25) is 0 Å². The Hall–Kier alpha value is -3.82. The molecule has 0 spiro atoms. The van der Waals surface area contributed by atoms with Crippen LogP contribution in [0.2, 0.25) is 0 Å². The molecule has 1 saturated carbocycles. The van der Waals surface area contributed by atoms with Gasteiger partial charge in [-0.2, -0.15) is 10.2 Å². The van der Waals surface area contributed by atoms with Crippen LogP contribution in [0.5, 0.6) is 0 Å². The molecule has 0 saturated heterocycles. The van der Waals surface area contributed by atoms with E-state index in [1.807, 2.05) is 20.8 Å². The third-order valence-electron chi connectivity index (χ3n) is 6.03. The number of pyridine rings is 1. The molecule has 0 radical (unpaired) electrons. The van der Waals surface area contributed by atoms with Gasteiger partial charge >= 0.3 is 6.09 Å². The number of alkyl carbamates (subject to hydrolysis) is 1. The summed E-state index contributed by atoms with van der Waals surface area (Å²) in [6.45, 7) is 5.53. The Labute approximate surface area is 202 Å². The number of carbonyl (C=O) groups excluding carboxylic acids is 1. The summed E-state index contributed by atoms with van der Waals surface area (Å²) >= 11 is 0. The Kier molecular flexibility index (Phi) is 5.96. The quantitative estimate of drug-likeness (QED) is 0.452. The van der Waals surface area contributed by atoms with E-state index in [1.165, 1.54) is 10.9 Å². The first kappa shape index (κ1) is 22.9. The predicted octanol–water partition coefficient (Wildman–Crippen LogP) is 4.83. The molecule has 2 atom stereocenters. The van der Waals surface area contributed by atoms with Crippen molar-refractivity contribution in [1.82, 2.24) is 34.8 Å². The fourth-order valence-corrected chi connectivity index (χ4v) is 4.63. The van der Waals surface area contributed by atoms with Crippen LogP contribution in [0.25, 0.3) is 28.2 Å². The Morgan fingerprint density at radius 3 is 2.69 bits per heavy atom. The zero-order valence-corrected chi connectivity index (χ0v) is 20.0. The van der Waals surface area contributed by atoms with Crippen molar-refractivity contribution >= 4 is 17.1 Å². The molecule has 3 heterocycles. The molecule has 0 aliphatic heterocycles. The second kappa shape index (κ2) is 9.09. The lowest BCUT2D eigenvalue weighted by molar-refractivity contribution is 0.0486. The average molecular weight is 478 g/mol. The highest BCUT2D eigenvalue weighted by Crippen LogP contribution is 2.37. The summed E-state index contributed by atoms with van der Waals surface area (Å²) < 4.78 is 22.4. The topological polar surface area (TPSA) is 99.8 Å². The van der Waals surface area contributed by atoms with Gasteiger partial charge in [0, 0.05) is 18.2 Å². The number of fused-ring (bicyclic) bond motifs is 1. The molecule has 3 aromatic heterocycles. The molecule has 1 fully saturated rings. The average Bonchev–Trinajstić information content (AvgIpc) is 3.46. The minimum absolute atomic E-state index is 0.00114. The highest BCUT2D eigenvalue weighted by Gasteiger charge is 2.30. The molecule has 1 amide bonds. The van der Waals surface area contributed by atoms with E-state index < -0.39 is 11.7 Å². The van der Waals surface area contributed by atoms with Crippen LogP contribution in [0, 0.1) is 5.82 Å². The van der Waals surface area contributed by atoms with Crippen LogP contribution in [0.1, 0.15) is 52.5 Å². The van der Waals surface area contributed by atoms with Crippen LogP contribution in [-0.4, -0.2) is 47.3 Å². The van der Waals surface area contributed by atoms with Crippen molar-refractivity contribution < 1.29 is 13.9 Å². The summed E-state index contributed by atoms with van der Waals surface area (Å²) in [5.41, 5.74) is 1.32. The maximum atomic E-state index is 14.9. The van der Waals surface area contributed by atoms with Crippen LogP contribution in [-0.2, 0) is 4.74 Å². The second-order valence-electron chi connectivity index (χ2n) is 9.80. The number of hydrogen-bond donors (Lipinski definition) is 1. The molecule has 4 aromatic rings. The van der Waals surface area contributed by atoms with Gasteiger partial charge in [0.15, 0.2) is 5.82 Å². The van der Waals surface area contributed by atoms with Crippen molar-refractivity contribution in [2.75, 3.05) is 0 Å². The van der Waals surface area contributed by atoms with E-state index in [1.54, 1.807) is 42.9 Å². The maximum absolute atomic E-state index is 14.9. The summed E-state index contributed by atoms with van der Waals surface area (Å²) in [7, 11) is 0. The van der Waals surface area contributed by atoms with Crippen molar-refractivity contribution in [3.63, 3.8) is 0 Å². The first-order valence-corrected chi connectivity index (χ1v) is 11.8. The molecule has 1 aromatic carbocycles. The van der Waals surface area contributed by atoms with Crippen molar-refractivity contribution in [2.45, 2.75) is 64.1 Å². The van der Waals surface area contributed by atoms with Gasteiger partial charge in [0.25, 0.3) is 0 Å². The van der Waals surface area contributed by atoms with Crippen molar-refractivity contribution in [1.29, 1.82) is 0 Å². The van der Waals surface area contributed by atoms with Crippen LogP contribution in [0.15, 0.2) is 48.9 Å². The molecule has 35 heavy (non-hydrogen) atoms. The lowest BCUT2D eigenvalue weighted by atomic mass is 9.90. The summed E-state index contributed by atoms with van der Waals surface area (Å²) in [6, 6.07) is 8.37. The van der Waals surface area contributed by atoms with Crippen molar-refractivity contribution in [3.8, 4) is 17.2 Å². The summed E-state index contributed by atoms with van der Waals surface area (Å²) in [4.78, 5) is 23.2. The van der Waals surface area contributed by atoms with E-state index in [0.29, 0.717) is 29.1 Å². The van der Waals surface area contributed by atoms with E-state index in [4.69, 9.17) is 9.72 Å². The summed E-state index contributed by atoms with van der Waals surface area (Å²) in [5, 5.41) is 11.3. The summed E-state index contributed by atoms with van der Waals surface area (Å²) in [6.07, 6.45) is 7.78. The number of imidazole rings is 1. The van der Waals surface area contributed by atoms with Gasteiger partial charge in [-0.05, 0) is 58.6 Å². The molecule has 0 unspecified atom stereocenters. The van der Waals surface area contributed by atoms with E-state index in [2.05, 4.69) is 25.1 Å². The van der Waals surface area contributed by atoms with E-state index in [-0.39, 0.29) is 17.9 Å². The van der Waals surface area contributed by atoms with Gasteiger partial charge in [0.1, 0.15) is 17.2 Å². The van der Waals surface area contributed by atoms with Crippen LogP contribution in [0.3, 0.4) is 0 Å². The van der Waals surface area contributed by atoms with Gasteiger partial charge < -0.3 is 14.6 Å². The van der Waals surface area contributed by atoms with Gasteiger partial charge in [-0.1, -0.05) is 12.1 Å². The highest BCUT2D eigenvalue weighted by atomic mass is 19.1. The molecule has 9 nitrogen and oxygen atoms in total. The van der Waals surface area contributed by atoms with E-state index >= 15 is 0 Å². The molecule has 1 N–H and O–H groups in total. The predicted molar refractivity (Wildman–Crippen MR) is 129 cm³/mol. The normalized spacial score (nSPS) is 18.5. The SMILES string of the molecule is CC(C)(C)OC(=O)N[C@H]1CCC[C@@H](n2c(-c3ccccc3F)nc3cc(-n4nccn4)ncc32)C1. The molecular weight excluding hydrogens is 449 g/mol. The minimum Gasteiger partial charge on any atom is -0.444 e.